The number of likely N-dealkylation sites (tertiary alicyclic amines) is 1. The van der Waals surface area contributed by atoms with Crippen LogP contribution in [0.5, 0.6) is 11.5 Å². The van der Waals surface area contributed by atoms with Gasteiger partial charge in [0.25, 0.3) is 10.0 Å². The average Bonchev–Trinajstić information content (AvgIpc) is 3.37. The topological polar surface area (TPSA) is 67.9 Å². The van der Waals surface area contributed by atoms with Gasteiger partial charge >= 0.3 is 12.5 Å². The third kappa shape index (κ3) is 6.84. The van der Waals surface area contributed by atoms with Gasteiger partial charge in [-0.1, -0.05) is 23.7 Å². The number of hydrogen-bond donors (Lipinski definition) is 1. The van der Waals surface area contributed by atoms with E-state index < -0.39 is 45.7 Å². The predicted molar refractivity (Wildman–Crippen MR) is 130 cm³/mol. The highest BCUT2D eigenvalue weighted by atomic mass is 35.5. The number of likely N-dealkylation sites (N-methyl/N-ethyl adjacent to an activating group) is 1. The van der Waals surface area contributed by atoms with Gasteiger partial charge in [-0.2, -0.15) is 13.2 Å². The van der Waals surface area contributed by atoms with Gasteiger partial charge in [0.1, 0.15) is 21.8 Å². The van der Waals surface area contributed by atoms with Gasteiger partial charge in [0.15, 0.2) is 0 Å². The van der Waals surface area contributed by atoms with Gasteiger partial charge in [-0.25, -0.2) is 8.42 Å². The highest BCUT2D eigenvalue weighted by Crippen LogP contribution is 2.42. The molecule has 0 radical (unpaired) electrons. The Morgan fingerprint density at radius 1 is 1.08 bits per heavy atom. The van der Waals surface area contributed by atoms with Crippen LogP contribution in [0.2, 0.25) is 4.34 Å². The van der Waals surface area contributed by atoms with Gasteiger partial charge in [-0.15, -0.1) is 24.5 Å². The molecule has 38 heavy (non-hydrogen) atoms. The van der Waals surface area contributed by atoms with Crippen LogP contribution in [0.15, 0.2) is 52.7 Å². The second-order valence-corrected chi connectivity index (χ2v) is 12.0. The van der Waals surface area contributed by atoms with Crippen molar-refractivity contribution in [2.75, 3.05) is 24.9 Å². The zero-order valence-corrected chi connectivity index (χ0v) is 21.7. The molecule has 1 saturated heterocycles. The largest absolute Gasteiger partial charge is 0.573 e. The molecule has 1 N–H and O–H groups in total. The number of sulfonamides is 1. The number of nitrogens with zero attached hydrogens (tertiary/aromatic N) is 1. The molecule has 2 aromatic carbocycles. The van der Waals surface area contributed by atoms with Gasteiger partial charge in [0.2, 0.25) is 0 Å². The van der Waals surface area contributed by atoms with Crippen molar-refractivity contribution in [3.05, 3.63) is 58.4 Å². The zero-order valence-electron chi connectivity index (χ0n) is 19.4. The van der Waals surface area contributed by atoms with Crippen LogP contribution in [0.3, 0.4) is 0 Å². The van der Waals surface area contributed by atoms with Crippen LogP contribution < -0.4 is 14.2 Å². The highest BCUT2D eigenvalue weighted by Gasteiger charge is 2.36. The Labute approximate surface area is 222 Å². The van der Waals surface area contributed by atoms with Crippen molar-refractivity contribution in [1.29, 1.82) is 0 Å². The molecule has 0 aliphatic carbocycles. The van der Waals surface area contributed by atoms with Gasteiger partial charge in [-0.05, 0) is 49.4 Å². The maximum Gasteiger partial charge on any atom is 0.573 e. The number of halogens is 7. The summed E-state index contributed by atoms with van der Waals surface area (Å²) in [6.07, 6.45) is -9.72. The molecule has 1 aliphatic heterocycles. The van der Waals surface area contributed by atoms with E-state index in [1.165, 1.54) is 18.2 Å². The number of ether oxygens (including phenoxy) is 2. The number of anilines is 1. The fourth-order valence-corrected chi connectivity index (χ4v) is 6.84. The van der Waals surface area contributed by atoms with Crippen molar-refractivity contribution in [3.63, 3.8) is 0 Å². The third-order valence-corrected chi connectivity index (χ3v) is 8.65. The van der Waals surface area contributed by atoms with Gasteiger partial charge in [0.05, 0.1) is 15.6 Å². The Morgan fingerprint density at radius 2 is 1.82 bits per heavy atom. The van der Waals surface area contributed by atoms with E-state index in [2.05, 4.69) is 9.46 Å². The summed E-state index contributed by atoms with van der Waals surface area (Å²) in [5.41, 5.74) is -1.21. The monoisotopic (exact) mass is 600 g/mol. The summed E-state index contributed by atoms with van der Waals surface area (Å²) >= 11 is 6.67. The molecule has 0 unspecified atom stereocenters. The Bertz CT molecular complexity index is 1430. The van der Waals surface area contributed by atoms with E-state index in [0.717, 1.165) is 24.3 Å². The zero-order chi connectivity index (χ0) is 27.9. The molecule has 1 atom stereocenters. The van der Waals surface area contributed by atoms with Crippen molar-refractivity contribution in [3.8, 4) is 22.6 Å². The Balaban J connectivity index is 1.66. The Hall–Kier alpha value is -2.68. The first-order valence-corrected chi connectivity index (χ1v) is 13.5. The average molecular weight is 601 g/mol. The maximum absolute atomic E-state index is 13.6. The molecule has 2 heterocycles. The van der Waals surface area contributed by atoms with E-state index in [0.29, 0.717) is 36.9 Å². The summed E-state index contributed by atoms with van der Waals surface area (Å²) in [4.78, 5) is 1.89. The summed E-state index contributed by atoms with van der Waals surface area (Å²) in [6.45, 7) is 1.04. The maximum atomic E-state index is 13.6. The Morgan fingerprint density at radius 3 is 2.45 bits per heavy atom. The van der Waals surface area contributed by atoms with E-state index in [-0.39, 0.29) is 25.4 Å². The molecule has 0 bridgehead atoms. The van der Waals surface area contributed by atoms with Crippen LogP contribution in [0.25, 0.3) is 11.1 Å². The summed E-state index contributed by atoms with van der Waals surface area (Å²) in [5, 5.41) is 0. The molecule has 1 fully saturated rings. The molecule has 0 saturated carbocycles. The molecule has 1 aliphatic rings. The first kappa shape index (κ1) is 28.3. The number of alkyl halides is 6. The van der Waals surface area contributed by atoms with Crippen molar-refractivity contribution in [2.45, 2.75) is 29.3 Å². The van der Waals surface area contributed by atoms with Crippen LogP contribution in [0.4, 0.5) is 32.0 Å². The molecular weight excluding hydrogens is 582 g/mol. The minimum absolute atomic E-state index is 0.0162. The molecule has 0 spiro atoms. The molecule has 1 aromatic heterocycles. The lowest BCUT2D eigenvalue weighted by Crippen LogP contribution is -2.23. The number of benzene rings is 2. The summed E-state index contributed by atoms with van der Waals surface area (Å²) in [6, 6.07) is 8.51. The summed E-state index contributed by atoms with van der Waals surface area (Å²) in [5.74, 6) is -1.10. The summed E-state index contributed by atoms with van der Waals surface area (Å²) in [7, 11) is -2.65. The first-order valence-electron chi connectivity index (χ1n) is 10.9. The van der Waals surface area contributed by atoms with E-state index in [1.807, 2.05) is 4.90 Å². The lowest BCUT2D eigenvalue weighted by Gasteiger charge is -2.19. The minimum Gasteiger partial charge on any atom is -0.488 e. The van der Waals surface area contributed by atoms with Crippen molar-refractivity contribution in [1.82, 2.24) is 4.90 Å². The molecule has 15 heteroatoms. The number of rotatable bonds is 7. The number of hydrogen-bond acceptors (Lipinski definition) is 6. The van der Waals surface area contributed by atoms with E-state index in [1.54, 1.807) is 7.05 Å². The molecule has 206 valence electrons. The smallest absolute Gasteiger partial charge is 0.488 e. The van der Waals surface area contributed by atoms with Crippen molar-refractivity contribution < 1.29 is 44.2 Å². The van der Waals surface area contributed by atoms with Crippen molar-refractivity contribution >= 4 is 38.6 Å². The fraction of sp³-hybridized carbons (Fsp3) is 0.304. The normalized spacial score (nSPS) is 17.0. The van der Waals surface area contributed by atoms with Crippen LogP contribution in [0, 0.1) is 0 Å². The van der Waals surface area contributed by atoms with Gasteiger partial charge < -0.3 is 14.4 Å². The van der Waals surface area contributed by atoms with Gasteiger partial charge in [-0.3, -0.25) is 4.72 Å². The molecule has 3 aromatic rings. The lowest BCUT2D eigenvalue weighted by molar-refractivity contribution is -0.274. The lowest BCUT2D eigenvalue weighted by atomic mass is 10.1. The third-order valence-electron chi connectivity index (χ3n) is 5.47. The van der Waals surface area contributed by atoms with E-state index in [9.17, 15) is 34.8 Å². The quantitative estimate of drug-likeness (QED) is 0.300. The second-order valence-electron chi connectivity index (χ2n) is 8.43. The Kier molecular flexibility index (Phi) is 7.81. The van der Waals surface area contributed by atoms with Crippen molar-refractivity contribution in [2.24, 2.45) is 0 Å². The van der Waals surface area contributed by atoms with E-state index in [4.69, 9.17) is 16.3 Å². The van der Waals surface area contributed by atoms with Crippen LogP contribution in [0.1, 0.15) is 12.0 Å². The minimum atomic E-state index is -4.96. The predicted octanol–water partition coefficient (Wildman–Crippen LogP) is 6.87. The van der Waals surface area contributed by atoms with Gasteiger partial charge in [0, 0.05) is 24.7 Å². The van der Waals surface area contributed by atoms with E-state index >= 15 is 0 Å². The highest BCUT2D eigenvalue weighted by molar-refractivity contribution is 7.94. The van der Waals surface area contributed by atoms with Crippen LogP contribution >= 0.6 is 22.9 Å². The van der Waals surface area contributed by atoms with Crippen LogP contribution in [-0.4, -0.2) is 45.9 Å². The summed E-state index contributed by atoms with van der Waals surface area (Å²) < 4.78 is 117. The molecule has 6 nitrogen and oxygen atoms in total. The SMILES string of the molecule is CN1CC[C@@H](Oc2cc(NS(=O)(=O)c3sc(Cl)cc3-c3cccc(OC(F)(F)F)c3)ccc2C(F)(F)F)C1. The first-order chi connectivity index (χ1) is 17.6. The van der Waals surface area contributed by atoms with Crippen LogP contribution in [-0.2, 0) is 16.2 Å². The second kappa shape index (κ2) is 10.5. The standard InChI is InChI=1S/C23H19ClF6N2O4S2/c1-32-8-7-16(12-32)35-19-10-14(5-6-18(19)22(25,26)27)31-38(33,34)21-17(11-20(24)37-21)13-3-2-4-15(9-13)36-23(28,29)30/h2-6,9-11,16,31H,7-8,12H2,1H3/t16-/m1/s1. The molecule has 4 rings (SSSR count). The molecular formula is C23H19ClF6N2O4S2. The number of thiophene rings is 1. The molecule has 0 amide bonds. The number of nitrogens with one attached hydrogen (secondary N) is 1. The fourth-order valence-electron chi connectivity index (χ4n) is 3.90.